The van der Waals surface area contributed by atoms with Gasteiger partial charge in [0, 0.05) is 13.1 Å². The largest absolute Gasteiger partial charge is 0.453 e. The van der Waals surface area contributed by atoms with Crippen LogP contribution in [0.25, 0.3) is 5.69 Å². The van der Waals surface area contributed by atoms with Crippen molar-refractivity contribution in [1.82, 2.24) is 9.13 Å². The monoisotopic (exact) mass is 426 g/mol. The Bertz CT molecular complexity index is 1010. The first-order valence-corrected chi connectivity index (χ1v) is 7.92. The van der Waals surface area contributed by atoms with E-state index < -0.39 is 54.1 Å². The van der Waals surface area contributed by atoms with Crippen LogP contribution in [0, 0.1) is 0 Å². The molecule has 28 heavy (non-hydrogen) atoms. The highest BCUT2D eigenvalue weighted by molar-refractivity contribution is 6.33. The fourth-order valence-electron chi connectivity index (χ4n) is 2.26. The van der Waals surface area contributed by atoms with Gasteiger partial charge in [-0.05, 0) is 18.2 Å². The number of nitrogens with zero attached hydrogens (tertiary/aromatic N) is 2. The molecule has 0 bridgehead atoms. The summed E-state index contributed by atoms with van der Waals surface area (Å²) in [5.74, 6) is -1.23. The molecule has 0 fully saturated rings. The number of rotatable bonds is 5. The van der Waals surface area contributed by atoms with E-state index in [9.17, 15) is 36.3 Å². The van der Waals surface area contributed by atoms with Crippen LogP contribution in [0.3, 0.4) is 0 Å². The molecule has 0 saturated carbocycles. The van der Waals surface area contributed by atoms with Crippen LogP contribution < -0.4 is 11.2 Å². The van der Waals surface area contributed by atoms with Gasteiger partial charge in [0.05, 0.1) is 16.3 Å². The third kappa shape index (κ3) is 4.24. The van der Waals surface area contributed by atoms with Crippen molar-refractivity contribution in [3.8, 4) is 5.69 Å². The van der Waals surface area contributed by atoms with Gasteiger partial charge in [-0.3, -0.25) is 9.36 Å². The van der Waals surface area contributed by atoms with E-state index in [2.05, 4.69) is 4.74 Å². The Morgan fingerprint density at radius 1 is 1.18 bits per heavy atom. The van der Waals surface area contributed by atoms with Crippen molar-refractivity contribution in [2.24, 2.45) is 7.05 Å². The van der Waals surface area contributed by atoms with Gasteiger partial charge >= 0.3 is 17.8 Å². The van der Waals surface area contributed by atoms with Gasteiger partial charge in [0.1, 0.15) is 19.0 Å². The number of carbonyl (C=O) groups excluding carboxylic acids is 1. The molecule has 0 radical (unpaired) electrons. The van der Waals surface area contributed by atoms with Crippen molar-refractivity contribution >= 4 is 17.6 Å². The summed E-state index contributed by atoms with van der Waals surface area (Å²) < 4.78 is 68.9. The molecule has 0 N–H and O–H groups in total. The van der Waals surface area contributed by atoms with Gasteiger partial charge in [0.25, 0.3) is 5.56 Å². The molecule has 2 rings (SSSR count). The Morgan fingerprint density at radius 3 is 2.32 bits per heavy atom. The van der Waals surface area contributed by atoms with Gasteiger partial charge < -0.3 is 4.74 Å². The van der Waals surface area contributed by atoms with E-state index in [0.717, 1.165) is 25.2 Å². The van der Waals surface area contributed by atoms with Gasteiger partial charge in [-0.2, -0.15) is 13.2 Å². The standard InChI is InChI=1S/C16H12ClF5N2O4/c1-23-12(16(20,21)22)5-13(25)24(15(23)27)8-2-3-11(17)10(4-8)14(26)28-9(6-18)7-19/h2-5,9H,6-7H2,1H3. The van der Waals surface area contributed by atoms with Crippen LogP contribution >= 0.6 is 11.6 Å². The number of carbonyl (C=O) groups is 1. The van der Waals surface area contributed by atoms with Crippen LogP contribution in [0.15, 0.2) is 33.9 Å². The summed E-state index contributed by atoms with van der Waals surface area (Å²) in [5, 5.41) is -0.220. The summed E-state index contributed by atoms with van der Waals surface area (Å²) in [6.07, 6.45) is -6.61. The molecule has 0 aliphatic heterocycles. The lowest BCUT2D eigenvalue weighted by molar-refractivity contribution is -0.144. The second-order valence-corrected chi connectivity index (χ2v) is 5.95. The number of esters is 1. The SMILES string of the molecule is Cn1c(C(F)(F)F)cc(=O)n(-c2ccc(Cl)c(C(=O)OC(CF)CF)c2)c1=O. The summed E-state index contributed by atoms with van der Waals surface area (Å²) in [5.41, 5.74) is -4.80. The molecule has 0 aliphatic rings. The zero-order valence-corrected chi connectivity index (χ0v) is 14.9. The first kappa shape index (κ1) is 21.6. The molecule has 1 aromatic heterocycles. The molecule has 0 unspecified atom stereocenters. The topological polar surface area (TPSA) is 70.3 Å². The minimum absolute atomic E-state index is 0.218. The van der Waals surface area contributed by atoms with E-state index in [-0.39, 0.29) is 21.3 Å². The van der Waals surface area contributed by atoms with Crippen LogP contribution in [0.5, 0.6) is 0 Å². The molecule has 1 aromatic carbocycles. The second kappa shape index (κ2) is 8.13. The van der Waals surface area contributed by atoms with Crippen LogP contribution in [-0.2, 0) is 18.0 Å². The van der Waals surface area contributed by atoms with E-state index in [1.54, 1.807) is 0 Å². The highest BCUT2D eigenvalue weighted by Crippen LogP contribution is 2.27. The Kier molecular flexibility index (Phi) is 6.27. The quantitative estimate of drug-likeness (QED) is 0.544. The third-order valence-corrected chi connectivity index (χ3v) is 3.99. The maximum atomic E-state index is 12.9. The number of benzene rings is 1. The Morgan fingerprint density at radius 2 is 1.79 bits per heavy atom. The average Bonchev–Trinajstić information content (AvgIpc) is 2.62. The van der Waals surface area contributed by atoms with Crippen molar-refractivity contribution in [3.63, 3.8) is 0 Å². The molecule has 6 nitrogen and oxygen atoms in total. The summed E-state index contributed by atoms with van der Waals surface area (Å²) in [6, 6.07) is 3.30. The molecule has 0 aliphatic carbocycles. The highest BCUT2D eigenvalue weighted by Gasteiger charge is 2.35. The molecular weight excluding hydrogens is 415 g/mol. The summed E-state index contributed by atoms with van der Waals surface area (Å²) in [4.78, 5) is 36.4. The molecule has 152 valence electrons. The molecule has 0 spiro atoms. The fraction of sp³-hybridized carbons (Fsp3) is 0.312. The van der Waals surface area contributed by atoms with Gasteiger partial charge in [-0.1, -0.05) is 11.6 Å². The van der Waals surface area contributed by atoms with E-state index in [1.807, 2.05) is 0 Å². The molecule has 1 heterocycles. The van der Waals surface area contributed by atoms with Crippen LogP contribution in [0.1, 0.15) is 16.1 Å². The predicted octanol–water partition coefficient (Wildman–Crippen LogP) is 2.67. The number of ether oxygens (including phenoxy) is 1. The minimum Gasteiger partial charge on any atom is -0.453 e. The maximum Gasteiger partial charge on any atom is 0.431 e. The molecule has 0 saturated heterocycles. The maximum absolute atomic E-state index is 12.9. The number of halogens is 6. The predicted molar refractivity (Wildman–Crippen MR) is 88.4 cm³/mol. The van der Waals surface area contributed by atoms with E-state index in [0.29, 0.717) is 4.57 Å². The fourth-order valence-corrected chi connectivity index (χ4v) is 2.46. The molecule has 2 aromatic rings. The molecular formula is C16H12ClF5N2O4. The van der Waals surface area contributed by atoms with Crippen molar-refractivity contribution in [1.29, 1.82) is 0 Å². The van der Waals surface area contributed by atoms with Crippen LogP contribution in [-0.4, -0.2) is 34.6 Å². The Balaban J connectivity index is 2.59. The first-order chi connectivity index (χ1) is 13.0. The number of alkyl halides is 5. The average molecular weight is 427 g/mol. The smallest absolute Gasteiger partial charge is 0.431 e. The minimum atomic E-state index is -4.94. The molecule has 0 atom stereocenters. The van der Waals surface area contributed by atoms with Gasteiger partial charge in [-0.25, -0.2) is 22.9 Å². The van der Waals surface area contributed by atoms with Crippen LogP contribution in [0.2, 0.25) is 5.02 Å². The van der Waals surface area contributed by atoms with Crippen LogP contribution in [0.4, 0.5) is 22.0 Å². The Labute approximate surface area is 158 Å². The van der Waals surface area contributed by atoms with E-state index in [1.165, 1.54) is 0 Å². The van der Waals surface area contributed by atoms with Crippen molar-refractivity contribution < 1.29 is 31.5 Å². The van der Waals surface area contributed by atoms with E-state index >= 15 is 0 Å². The number of hydrogen-bond acceptors (Lipinski definition) is 4. The zero-order valence-electron chi connectivity index (χ0n) is 14.1. The molecule has 12 heteroatoms. The molecule has 0 amide bonds. The third-order valence-electron chi connectivity index (χ3n) is 3.66. The Hall–Kier alpha value is -2.69. The zero-order chi connectivity index (χ0) is 21.2. The van der Waals surface area contributed by atoms with Crippen molar-refractivity contribution in [2.75, 3.05) is 13.3 Å². The lowest BCUT2D eigenvalue weighted by Gasteiger charge is -2.15. The summed E-state index contributed by atoms with van der Waals surface area (Å²) in [7, 11) is 0.819. The van der Waals surface area contributed by atoms with Crippen molar-refractivity contribution in [3.05, 3.63) is 61.4 Å². The van der Waals surface area contributed by atoms with Gasteiger partial charge in [0.2, 0.25) is 0 Å². The first-order valence-electron chi connectivity index (χ1n) is 7.54. The lowest BCUT2D eigenvalue weighted by Crippen LogP contribution is -2.40. The number of hydrogen-bond donors (Lipinski definition) is 0. The highest BCUT2D eigenvalue weighted by atomic mass is 35.5. The normalized spacial score (nSPS) is 11.7. The van der Waals surface area contributed by atoms with Gasteiger partial charge in [0.15, 0.2) is 6.10 Å². The van der Waals surface area contributed by atoms with Crippen molar-refractivity contribution in [2.45, 2.75) is 12.3 Å². The van der Waals surface area contributed by atoms with Gasteiger partial charge in [-0.15, -0.1) is 0 Å². The second-order valence-electron chi connectivity index (χ2n) is 5.54. The lowest BCUT2D eigenvalue weighted by atomic mass is 10.2. The summed E-state index contributed by atoms with van der Waals surface area (Å²) >= 11 is 5.84. The number of aromatic nitrogens is 2. The van der Waals surface area contributed by atoms with E-state index in [4.69, 9.17) is 11.6 Å². The summed E-state index contributed by atoms with van der Waals surface area (Å²) in [6.45, 7) is -2.59.